The Hall–Kier alpha value is -1.96. The Morgan fingerprint density at radius 3 is 2.75 bits per heavy atom. The molecule has 1 unspecified atom stereocenters. The molecule has 0 bridgehead atoms. The summed E-state index contributed by atoms with van der Waals surface area (Å²) in [6.07, 6.45) is 2.37. The van der Waals surface area contributed by atoms with Gasteiger partial charge in [0.1, 0.15) is 0 Å². The molecule has 1 aliphatic rings. The van der Waals surface area contributed by atoms with Gasteiger partial charge < -0.3 is 10.2 Å². The first kappa shape index (κ1) is 13.0. The van der Waals surface area contributed by atoms with E-state index in [1.54, 1.807) is 0 Å². The Labute approximate surface area is 121 Å². The normalized spacial score (nSPS) is 16.9. The first-order valence-electron chi connectivity index (χ1n) is 7.27. The van der Waals surface area contributed by atoms with E-state index in [2.05, 4.69) is 73.7 Å². The fourth-order valence-corrected chi connectivity index (χ4v) is 2.95. The van der Waals surface area contributed by atoms with Crippen molar-refractivity contribution in [2.75, 3.05) is 24.3 Å². The van der Waals surface area contributed by atoms with E-state index in [0.717, 1.165) is 0 Å². The lowest BCUT2D eigenvalue weighted by atomic mass is 10.0. The molecule has 104 valence electrons. The van der Waals surface area contributed by atoms with Crippen LogP contribution in [0.3, 0.4) is 0 Å². The Bertz CT molecular complexity index is 617. The van der Waals surface area contributed by atoms with E-state index in [-0.39, 0.29) is 0 Å². The highest BCUT2D eigenvalue weighted by Gasteiger charge is 2.22. The molecule has 0 heterocycles. The quantitative estimate of drug-likeness (QED) is 0.897. The third-order valence-corrected chi connectivity index (χ3v) is 4.08. The molecule has 1 atom stereocenters. The molecule has 0 aromatic heterocycles. The highest BCUT2D eigenvalue weighted by molar-refractivity contribution is 5.58. The zero-order valence-corrected chi connectivity index (χ0v) is 12.5. The zero-order valence-electron chi connectivity index (χ0n) is 12.5. The first-order valence-corrected chi connectivity index (χ1v) is 7.27. The number of anilines is 2. The van der Waals surface area contributed by atoms with Gasteiger partial charge in [-0.2, -0.15) is 0 Å². The summed E-state index contributed by atoms with van der Waals surface area (Å²) < 4.78 is 0. The van der Waals surface area contributed by atoms with Gasteiger partial charge in [-0.05, 0) is 49.1 Å². The minimum atomic E-state index is 0.447. The van der Waals surface area contributed by atoms with E-state index in [1.807, 2.05) is 0 Å². The van der Waals surface area contributed by atoms with Gasteiger partial charge >= 0.3 is 0 Å². The second-order valence-electron chi connectivity index (χ2n) is 5.88. The van der Waals surface area contributed by atoms with E-state index in [4.69, 9.17) is 0 Å². The molecule has 2 aromatic rings. The van der Waals surface area contributed by atoms with Crippen molar-refractivity contribution < 1.29 is 0 Å². The Balaban J connectivity index is 1.83. The molecule has 1 N–H and O–H groups in total. The first-order chi connectivity index (χ1) is 9.63. The Morgan fingerprint density at radius 2 is 1.95 bits per heavy atom. The number of nitrogens with zero attached hydrogens (tertiary/aromatic N) is 1. The van der Waals surface area contributed by atoms with Crippen LogP contribution >= 0.6 is 0 Å². The molecule has 0 saturated carbocycles. The number of benzene rings is 2. The van der Waals surface area contributed by atoms with E-state index in [9.17, 15) is 0 Å². The summed E-state index contributed by atoms with van der Waals surface area (Å²) in [5.74, 6) is 0. The second kappa shape index (κ2) is 5.20. The van der Waals surface area contributed by atoms with Gasteiger partial charge in [-0.3, -0.25) is 0 Å². The SMILES string of the molecule is Cc1ccc2c(c1)C(Nc1cccc(N(C)C)c1)CC2. The summed E-state index contributed by atoms with van der Waals surface area (Å²) in [6, 6.07) is 15.9. The molecule has 3 rings (SSSR count). The van der Waals surface area contributed by atoms with Crippen LogP contribution in [0.15, 0.2) is 42.5 Å². The maximum absolute atomic E-state index is 3.69. The molecule has 2 nitrogen and oxygen atoms in total. The zero-order chi connectivity index (χ0) is 14.1. The van der Waals surface area contributed by atoms with Crippen molar-refractivity contribution in [1.82, 2.24) is 0 Å². The largest absolute Gasteiger partial charge is 0.378 e. The smallest absolute Gasteiger partial charge is 0.0519 e. The minimum absolute atomic E-state index is 0.447. The summed E-state index contributed by atoms with van der Waals surface area (Å²) in [7, 11) is 4.15. The molecule has 20 heavy (non-hydrogen) atoms. The average molecular weight is 266 g/mol. The molecule has 1 aliphatic carbocycles. The highest BCUT2D eigenvalue weighted by Crippen LogP contribution is 2.34. The molecule has 2 heteroatoms. The Kier molecular flexibility index (Phi) is 3.39. The third kappa shape index (κ3) is 2.51. The molecule has 0 spiro atoms. The lowest BCUT2D eigenvalue weighted by Crippen LogP contribution is -2.10. The molecule has 0 aliphatic heterocycles. The topological polar surface area (TPSA) is 15.3 Å². The van der Waals surface area contributed by atoms with Crippen LogP contribution < -0.4 is 10.2 Å². The van der Waals surface area contributed by atoms with Gasteiger partial charge in [-0.15, -0.1) is 0 Å². The van der Waals surface area contributed by atoms with Crippen molar-refractivity contribution in [3.63, 3.8) is 0 Å². The summed E-state index contributed by atoms with van der Waals surface area (Å²) in [4.78, 5) is 2.14. The van der Waals surface area contributed by atoms with Gasteiger partial charge in [0.25, 0.3) is 0 Å². The van der Waals surface area contributed by atoms with Gasteiger partial charge in [0, 0.05) is 25.5 Å². The number of hydrogen-bond donors (Lipinski definition) is 1. The monoisotopic (exact) mass is 266 g/mol. The van der Waals surface area contributed by atoms with Gasteiger partial charge in [-0.1, -0.05) is 29.8 Å². The predicted molar refractivity (Wildman–Crippen MR) is 86.6 cm³/mol. The van der Waals surface area contributed by atoms with Crippen LogP contribution in [0.25, 0.3) is 0 Å². The van der Waals surface area contributed by atoms with Crippen LogP contribution in [-0.2, 0) is 6.42 Å². The van der Waals surface area contributed by atoms with E-state index in [1.165, 1.54) is 40.9 Å². The van der Waals surface area contributed by atoms with Gasteiger partial charge in [0.05, 0.1) is 6.04 Å². The summed E-state index contributed by atoms with van der Waals surface area (Å²) >= 11 is 0. The molecular formula is C18H22N2. The molecule has 0 saturated heterocycles. The van der Waals surface area contributed by atoms with Crippen molar-refractivity contribution in [2.24, 2.45) is 0 Å². The lowest BCUT2D eigenvalue weighted by Gasteiger charge is -2.18. The van der Waals surface area contributed by atoms with Crippen LogP contribution in [0.4, 0.5) is 11.4 Å². The van der Waals surface area contributed by atoms with Crippen LogP contribution in [0.1, 0.15) is 29.2 Å². The lowest BCUT2D eigenvalue weighted by molar-refractivity contribution is 0.762. The predicted octanol–water partition coefficient (Wildman–Crippen LogP) is 4.16. The Morgan fingerprint density at radius 1 is 1.10 bits per heavy atom. The second-order valence-corrected chi connectivity index (χ2v) is 5.88. The van der Waals surface area contributed by atoms with Gasteiger partial charge in [0.2, 0.25) is 0 Å². The maximum Gasteiger partial charge on any atom is 0.0519 e. The van der Waals surface area contributed by atoms with Gasteiger partial charge in [0.15, 0.2) is 0 Å². The number of aryl methyl sites for hydroxylation is 2. The van der Waals surface area contributed by atoms with Crippen molar-refractivity contribution in [1.29, 1.82) is 0 Å². The number of rotatable bonds is 3. The highest BCUT2D eigenvalue weighted by atomic mass is 15.1. The molecule has 0 fully saturated rings. The molecule has 0 amide bonds. The van der Waals surface area contributed by atoms with Crippen molar-refractivity contribution in [2.45, 2.75) is 25.8 Å². The van der Waals surface area contributed by atoms with E-state index >= 15 is 0 Å². The average Bonchev–Trinajstić information content (AvgIpc) is 2.82. The summed E-state index contributed by atoms with van der Waals surface area (Å²) in [6.45, 7) is 2.17. The van der Waals surface area contributed by atoms with Crippen LogP contribution in [0.2, 0.25) is 0 Å². The maximum atomic E-state index is 3.69. The van der Waals surface area contributed by atoms with Crippen LogP contribution in [-0.4, -0.2) is 14.1 Å². The van der Waals surface area contributed by atoms with Crippen molar-refractivity contribution in [3.8, 4) is 0 Å². The van der Waals surface area contributed by atoms with Gasteiger partial charge in [-0.25, -0.2) is 0 Å². The van der Waals surface area contributed by atoms with Crippen LogP contribution in [0.5, 0.6) is 0 Å². The number of fused-ring (bicyclic) bond motifs is 1. The number of hydrogen-bond acceptors (Lipinski definition) is 2. The summed E-state index contributed by atoms with van der Waals surface area (Å²) in [5.41, 5.74) is 6.75. The minimum Gasteiger partial charge on any atom is -0.378 e. The fraction of sp³-hybridized carbons (Fsp3) is 0.333. The molecule has 0 radical (unpaired) electrons. The number of nitrogens with one attached hydrogen (secondary N) is 1. The van der Waals surface area contributed by atoms with Crippen LogP contribution in [0, 0.1) is 6.92 Å². The van der Waals surface area contributed by atoms with Crippen molar-refractivity contribution in [3.05, 3.63) is 59.2 Å². The molecular weight excluding hydrogens is 244 g/mol. The van der Waals surface area contributed by atoms with Crippen molar-refractivity contribution >= 4 is 11.4 Å². The standard InChI is InChI=1S/C18H22N2/c1-13-7-8-14-9-10-18(17(14)11-13)19-15-5-4-6-16(12-15)20(2)3/h4-8,11-12,18-19H,9-10H2,1-3H3. The molecule has 2 aromatic carbocycles. The third-order valence-electron chi connectivity index (χ3n) is 4.08. The van der Waals surface area contributed by atoms with E-state index in [0.29, 0.717) is 6.04 Å². The van der Waals surface area contributed by atoms with E-state index < -0.39 is 0 Å². The summed E-state index contributed by atoms with van der Waals surface area (Å²) in [5, 5.41) is 3.69. The fourth-order valence-electron chi connectivity index (χ4n) is 2.95.